The Morgan fingerprint density at radius 2 is 2.06 bits per heavy atom. The predicted molar refractivity (Wildman–Crippen MR) is 64.1 cm³/mol. The largest absolute Gasteiger partial charge is 0.490 e. The molecule has 0 saturated heterocycles. The van der Waals surface area contributed by atoms with Gasteiger partial charge in [-0.15, -0.1) is 0 Å². The van der Waals surface area contributed by atoms with Crippen molar-refractivity contribution in [3.05, 3.63) is 29.8 Å². The average molecular weight is 246 g/mol. The van der Waals surface area contributed by atoms with E-state index < -0.39 is 11.6 Å². The van der Waals surface area contributed by atoms with E-state index in [0.717, 1.165) is 36.8 Å². The maximum Gasteiger partial charge on any atom is 0.165 e. The summed E-state index contributed by atoms with van der Waals surface area (Å²) in [7, 11) is 0. The monoisotopic (exact) mass is 246 g/mol. The Labute approximate surface area is 100 Å². The van der Waals surface area contributed by atoms with Gasteiger partial charge in [-0.25, -0.2) is 8.78 Å². The molecule has 0 fully saturated rings. The molecule has 4 heteroatoms. The summed E-state index contributed by atoms with van der Waals surface area (Å²) in [6.45, 7) is 2.48. The van der Waals surface area contributed by atoms with E-state index in [-0.39, 0.29) is 5.75 Å². The van der Waals surface area contributed by atoms with Crippen LogP contribution in [0.4, 0.5) is 8.78 Å². The lowest BCUT2D eigenvalue weighted by atomic mass is 10.1. The third-order valence-corrected chi connectivity index (χ3v) is 2.64. The molecule has 0 aromatic heterocycles. The molecule has 1 atom stereocenters. The number of thiol groups is 1. The second-order valence-electron chi connectivity index (χ2n) is 3.83. The van der Waals surface area contributed by atoms with Gasteiger partial charge in [-0.1, -0.05) is 6.92 Å². The Kier molecular flexibility index (Phi) is 5.60. The molecule has 0 aliphatic rings. The molecule has 0 aliphatic heterocycles. The molecule has 0 amide bonds. The first kappa shape index (κ1) is 13.3. The summed E-state index contributed by atoms with van der Waals surface area (Å²) >= 11 is 4.13. The van der Waals surface area contributed by atoms with Crippen LogP contribution in [0.5, 0.6) is 5.75 Å². The summed E-state index contributed by atoms with van der Waals surface area (Å²) in [6, 6.07) is 3.21. The fourth-order valence-corrected chi connectivity index (χ4v) is 1.76. The molecule has 16 heavy (non-hydrogen) atoms. The second-order valence-corrected chi connectivity index (χ2v) is 4.28. The molecule has 1 unspecified atom stereocenters. The van der Waals surface area contributed by atoms with Crippen molar-refractivity contribution in [2.24, 2.45) is 5.92 Å². The number of hydrogen-bond acceptors (Lipinski definition) is 2. The van der Waals surface area contributed by atoms with Crippen molar-refractivity contribution in [2.45, 2.75) is 19.8 Å². The van der Waals surface area contributed by atoms with Gasteiger partial charge in [0, 0.05) is 6.07 Å². The summed E-state index contributed by atoms with van der Waals surface area (Å²) in [4.78, 5) is 0. The van der Waals surface area contributed by atoms with E-state index in [1.807, 2.05) is 0 Å². The van der Waals surface area contributed by atoms with Crippen molar-refractivity contribution >= 4 is 12.6 Å². The van der Waals surface area contributed by atoms with Crippen molar-refractivity contribution in [2.75, 3.05) is 12.4 Å². The Bertz CT molecular complexity index is 331. The molecule has 0 heterocycles. The highest BCUT2D eigenvalue weighted by Crippen LogP contribution is 2.19. The molecule has 1 aromatic carbocycles. The number of rotatable bonds is 6. The summed E-state index contributed by atoms with van der Waals surface area (Å²) in [5, 5.41) is 0. The Morgan fingerprint density at radius 3 is 2.75 bits per heavy atom. The zero-order chi connectivity index (χ0) is 12.0. The van der Waals surface area contributed by atoms with E-state index in [1.165, 1.54) is 0 Å². The maximum atomic E-state index is 13.1. The van der Waals surface area contributed by atoms with Crippen LogP contribution < -0.4 is 4.74 Å². The molecule has 0 saturated carbocycles. The van der Waals surface area contributed by atoms with Gasteiger partial charge in [-0.2, -0.15) is 12.6 Å². The minimum absolute atomic E-state index is 0.0157. The smallest absolute Gasteiger partial charge is 0.165 e. The van der Waals surface area contributed by atoms with Gasteiger partial charge >= 0.3 is 0 Å². The first-order chi connectivity index (χ1) is 7.63. The Hall–Kier alpha value is -0.770. The first-order valence-electron chi connectivity index (χ1n) is 5.32. The summed E-state index contributed by atoms with van der Waals surface area (Å²) in [5.74, 6) is 0.283. The minimum Gasteiger partial charge on any atom is -0.490 e. The fourth-order valence-electron chi connectivity index (χ4n) is 1.32. The van der Waals surface area contributed by atoms with Crippen LogP contribution in [-0.4, -0.2) is 12.4 Å². The number of hydrogen-bond donors (Lipinski definition) is 1. The van der Waals surface area contributed by atoms with Crippen molar-refractivity contribution in [3.8, 4) is 5.75 Å². The maximum absolute atomic E-state index is 13.1. The van der Waals surface area contributed by atoms with E-state index in [4.69, 9.17) is 4.74 Å². The van der Waals surface area contributed by atoms with Gasteiger partial charge in [-0.05, 0) is 36.6 Å². The molecule has 0 N–H and O–H groups in total. The SMILES string of the molecule is CC(CCS)CCOc1cc(F)ccc1F. The zero-order valence-corrected chi connectivity index (χ0v) is 10.1. The molecule has 0 bridgehead atoms. The molecule has 1 rings (SSSR count). The Balaban J connectivity index is 2.39. The van der Waals surface area contributed by atoms with Crippen molar-refractivity contribution < 1.29 is 13.5 Å². The highest BCUT2D eigenvalue weighted by molar-refractivity contribution is 7.80. The van der Waals surface area contributed by atoms with Crippen molar-refractivity contribution in [1.29, 1.82) is 0 Å². The van der Waals surface area contributed by atoms with Crippen LogP contribution in [0.3, 0.4) is 0 Å². The van der Waals surface area contributed by atoms with Crippen LogP contribution in [0.1, 0.15) is 19.8 Å². The average Bonchev–Trinajstić information content (AvgIpc) is 2.23. The lowest BCUT2D eigenvalue weighted by molar-refractivity contribution is 0.269. The molecule has 0 aliphatic carbocycles. The van der Waals surface area contributed by atoms with Gasteiger partial charge in [-0.3, -0.25) is 0 Å². The van der Waals surface area contributed by atoms with Crippen LogP contribution in [0, 0.1) is 17.6 Å². The topological polar surface area (TPSA) is 9.23 Å². The minimum atomic E-state index is -0.525. The molecule has 90 valence electrons. The van der Waals surface area contributed by atoms with E-state index in [9.17, 15) is 8.78 Å². The quantitative estimate of drug-likeness (QED) is 0.753. The van der Waals surface area contributed by atoms with Gasteiger partial charge in [0.05, 0.1) is 6.61 Å². The van der Waals surface area contributed by atoms with E-state index in [0.29, 0.717) is 12.5 Å². The lowest BCUT2D eigenvalue weighted by Gasteiger charge is -2.11. The summed E-state index contributed by atoms with van der Waals surface area (Å²) in [5.41, 5.74) is 0. The van der Waals surface area contributed by atoms with Crippen LogP contribution in [0.2, 0.25) is 0 Å². The third kappa shape index (κ3) is 4.39. The fraction of sp³-hybridized carbons (Fsp3) is 0.500. The molecule has 0 spiro atoms. The van der Waals surface area contributed by atoms with Crippen molar-refractivity contribution in [1.82, 2.24) is 0 Å². The standard InChI is InChI=1S/C12H16F2OS/c1-9(5-7-16)4-6-15-12-8-10(13)2-3-11(12)14/h2-3,8-9,16H,4-7H2,1H3. The zero-order valence-electron chi connectivity index (χ0n) is 9.25. The number of ether oxygens (including phenoxy) is 1. The normalized spacial score (nSPS) is 12.5. The number of halogens is 2. The van der Waals surface area contributed by atoms with Crippen molar-refractivity contribution in [3.63, 3.8) is 0 Å². The van der Waals surface area contributed by atoms with Crippen LogP contribution >= 0.6 is 12.6 Å². The Morgan fingerprint density at radius 1 is 1.31 bits per heavy atom. The number of benzene rings is 1. The first-order valence-corrected chi connectivity index (χ1v) is 5.95. The van der Waals surface area contributed by atoms with E-state index in [2.05, 4.69) is 19.6 Å². The molecular formula is C12H16F2OS. The summed E-state index contributed by atoms with van der Waals surface area (Å²) < 4.78 is 31.1. The molecule has 1 nitrogen and oxygen atoms in total. The van der Waals surface area contributed by atoms with Gasteiger partial charge in [0.2, 0.25) is 0 Å². The second kappa shape index (κ2) is 6.74. The van der Waals surface area contributed by atoms with E-state index >= 15 is 0 Å². The van der Waals surface area contributed by atoms with Crippen LogP contribution in [0.25, 0.3) is 0 Å². The van der Waals surface area contributed by atoms with Gasteiger partial charge < -0.3 is 4.74 Å². The van der Waals surface area contributed by atoms with E-state index in [1.54, 1.807) is 0 Å². The summed E-state index contributed by atoms with van der Waals surface area (Å²) in [6.07, 6.45) is 1.81. The predicted octanol–water partition coefficient (Wildman–Crippen LogP) is 3.69. The molecule has 1 aromatic rings. The van der Waals surface area contributed by atoms with Crippen LogP contribution in [0.15, 0.2) is 18.2 Å². The molecule has 0 radical (unpaired) electrons. The highest BCUT2D eigenvalue weighted by atomic mass is 32.1. The van der Waals surface area contributed by atoms with Gasteiger partial charge in [0.15, 0.2) is 11.6 Å². The lowest BCUT2D eigenvalue weighted by Crippen LogP contribution is -2.05. The molecular weight excluding hydrogens is 230 g/mol. The van der Waals surface area contributed by atoms with Crippen LogP contribution in [-0.2, 0) is 0 Å². The third-order valence-electron chi connectivity index (χ3n) is 2.38. The highest BCUT2D eigenvalue weighted by Gasteiger charge is 2.06. The van der Waals surface area contributed by atoms with Gasteiger partial charge in [0.1, 0.15) is 5.82 Å². The van der Waals surface area contributed by atoms with Gasteiger partial charge in [0.25, 0.3) is 0 Å².